The Labute approximate surface area is 667 Å². The van der Waals surface area contributed by atoms with E-state index in [-0.39, 0.29) is 109 Å². The first kappa shape index (κ1) is 134. The predicted octanol–water partition coefficient (Wildman–Crippen LogP) is 30.7. The van der Waals surface area contributed by atoms with E-state index < -0.39 is 0 Å². The van der Waals surface area contributed by atoms with E-state index in [1.807, 2.05) is 205 Å². The summed E-state index contributed by atoms with van der Waals surface area (Å²) in [7, 11) is 0. The van der Waals surface area contributed by atoms with Gasteiger partial charge in [-0.1, -0.05) is 344 Å². The third kappa shape index (κ3) is 75.6. The molecule has 0 unspecified atom stereocenters. The fraction of sp³-hybridized carbons (Fsp3) is 0.350. The zero-order chi connectivity index (χ0) is 70.0. The largest absolute Gasteiger partial charge is 0.465 e. The van der Waals surface area contributed by atoms with Gasteiger partial charge in [-0.05, 0) is 233 Å². The zero-order valence-corrected chi connectivity index (χ0v) is 58.0. The molecule has 8 heteroatoms. The number of aldehydes is 7. The van der Waals surface area contributed by atoms with Crippen LogP contribution in [-0.2, 0) is 33.6 Å². The third-order valence-corrected chi connectivity index (χ3v) is 13.1. The molecule has 0 bridgehead atoms. The van der Waals surface area contributed by atoms with Gasteiger partial charge in [-0.3, -0.25) is 33.6 Å². The monoisotopic (exact) mass is 1490 g/mol. The Morgan fingerprint density at radius 1 is 0.407 bits per heavy atom. The van der Waals surface area contributed by atoms with Gasteiger partial charge >= 0.3 is 0 Å². The molecule has 0 fully saturated rings. The second kappa shape index (κ2) is 87.6. The molecule has 0 saturated heterocycles. The molecule has 1 aliphatic carbocycles. The van der Waals surface area contributed by atoms with Gasteiger partial charge < -0.3 is 4.42 Å². The highest BCUT2D eigenvalue weighted by Crippen LogP contribution is 2.21. The van der Waals surface area contributed by atoms with Crippen molar-refractivity contribution in [2.75, 3.05) is 0 Å². The molecule has 0 spiro atoms. The van der Waals surface area contributed by atoms with E-state index >= 15 is 0 Å². The number of allylic oxidation sites excluding steroid dienone is 26. The van der Waals surface area contributed by atoms with E-state index in [2.05, 4.69) is 91.0 Å². The average molecular weight is 1490 g/mol. The molecule has 6 rings (SSSR count). The molecule has 0 N–H and O–H groups in total. The lowest BCUT2D eigenvalue weighted by molar-refractivity contribution is -0.104. The van der Waals surface area contributed by atoms with Crippen molar-refractivity contribution in [3.8, 4) is 0 Å². The molecule has 5 aromatic rings. The van der Waals surface area contributed by atoms with Crippen LogP contribution in [0, 0.1) is 26.2 Å². The Bertz CT molecular complexity index is 3450. The standard InChI is InChI=1S/C17H14O.C15H18O.C12H16O.C12H12O.C10H10O2.2C10H16O.14CH4/c18-14-13-17(16-9-5-2-6-10-16)12-11-15-7-3-1-4-8-15;1-11(7-8-16)5-6-15-13(3)9-12(2)10-14(15)4;2*1-11(9-10-13)7-8-12-5-3-2-4-6-12;1-9(6-7-11)4-5-10-3-2-8-12-10;1-9(6-8-11)5-7-10(2,3)4;1-3-4-5-6-7-10(2)8-9-11;;;;;;;;;;;;;;/h1-14H;5-10H,1-4H3;5,7-10H,2-4,6H2,1H3;2-10H,1H3;2-8H,1H3;5-8H,1-4H3;6-9H,3-5H2,1-2H3;14*1H4/b12-11+,17-13+;6-5+,11-7-;2*8-7+,11-9-;5-4+,9-6-;7-5+,9-6-;7-6+,10-8-;;;;;;;;;;;;;;. The van der Waals surface area contributed by atoms with Crippen molar-refractivity contribution < 1.29 is 38.0 Å². The van der Waals surface area contributed by atoms with Crippen LogP contribution in [0.5, 0.6) is 0 Å². The molecule has 0 aliphatic heterocycles. The van der Waals surface area contributed by atoms with Crippen LogP contribution in [0.3, 0.4) is 0 Å². The molecule has 8 nitrogen and oxygen atoms in total. The lowest BCUT2D eigenvalue weighted by Crippen LogP contribution is -1.98. The molecule has 108 heavy (non-hydrogen) atoms. The van der Waals surface area contributed by atoms with Crippen LogP contribution in [0.4, 0.5) is 0 Å². The van der Waals surface area contributed by atoms with Crippen molar-refractivity contribution in [1.29, 1.82) is 0 Å². The number of rotatable bonds is 23. The van der Waals surface area contributed by atoms with E-state index in [4.69, 9.17) is 4.42 Å². The minimum Gasteiger partial charge on any atom is -0.465 e. The second-order valence-electron chi connectivity index (χ2n) is 23.0. The number of unbranched alkanes of at least 4 members (excludes halogenated alkanes) is 2. The molecule has 1 heterocycles. The first-order chi connectivity index (χ1) is 45.2. The Balaban J connectivity index is -0.0000000708. The fourth-order valence-corrected chi connectivity index (χ4v) is 7.97. The molecule has 4 aromatic carbocycles. The van der Waals surface area contributed by atoms with Crippen molar-refractivity contribution >= 4 is 73.9 Å². The van der Waals surface area contributed by atoms with Gasteiger partial charge in [0.05, 0.1) is 6.26 Å². The van der Waals surface area contributed by atoms with Crippen LogP contribution in [0.15, 0.2) is 274 Å². The third-order valence-electron chi connectivity index (χ3n) is 13.1. The summed E-state index contributed by atoms with van der Waals surface area (Å²) in [6, 6.07) is 37.9. The van der Waals surface area contributed by atoms with Crippen molar-refractivity contribution in [3.05, 3.63) is 315 Å². The number of carbonyl (C=O) groups is 7. The summed E-state index contributed by atoms with van der Waals surface area (Å²) in [5, 5.41) is 0. The van der Waals surface area contributed by atoms with Crippen LogP contribution in [0.2, 0.25) is 0 Å². The van der Waals surface area contributed by atoms with Gasteiger partial charge in [0.1, 0.15) is 49.8 Å². The van der Waals surface area contributed by atoms with E-state index in [1.165, 1.54) is 72.4 Å². The molecule has 1 aromatic heterocycles. The number of aryl methyl sites for hydroxylation is 3. The van der Waals surface area contributed by atoms with Gasteiger partial charge in [0, 0.05) is 0 Å². The maximum atomic E-state index is 10.7. The first-order valence-electron chi connectivity index (χ1n) is 31.8. The number of hydrogen-bond donors (Lipinski definition) is 0. The van der Waals surface area contributed by atoms with Gasteiger partial charge in [0.25, 0.3) is 0 Å². The van der Waals surface area contributed by atoms with E-state index in [9.17, 15) is 33.6 Å². The normalized spacial score (nSPS) is 11.5. The summed E-state index contributed by atoms with van der Waals surface area (Å²) in [5.74, 6) is 0.786. The Morgan fingerprint density at radius 2 is 0.778 bits per heavy atom. The van der Waals surface area contributed by atoms with Gasteiger partial charge in [-0.25, -0.2) is 0 Å². The molecule has 0 saturated carbocycles. The van der Waals surface area contributed by atoms with E-state index in [0.717, 1.165) is 112 Å². The first-order valence-corrected chi connectivity index (χ1v) is 31.8. The van der Waals surface area contributed by atoms with Crippen molar-refractivity contribution in [2.45, 2.75) is 239 Å². The van der Waals surface area contributed by atoms with E-state index in [1.54, 1.807) is 42.7 Å². The molecule has 0 amide bonds. The van der Waals surface area contributed by atoms with Crippen molar-refractivity contribution in [2.24, 2.45) is 5.41 Å². The van der Waals surface area contributed by atoms with Crippen LogP contribution in [0.1, 0.15) is 263 Å². The van der Waals surface area contributed by atoms with Crippen LogP contribution in [-0.4, -0.2) is 44.0 Å². The fourth-order valence-electron chi connectivity index (χ4n) is 7.97. The predicted molar refractivity (Wildman–Crippen MR) is 495 cm³/mol. The molecular formula is C100H158O8. The highest BCUT2D eigenvalue weighted by Gasteiger charge is 2.04. The van der Waals surface area contributed by atoms with E-state index in [0.29, 0.717) is 0 Å². The number of benzene rings is 4. The summed E-state index contributed by atoms with van der Waals surface area (Å²) in [6.45, 7) is 26.3. The Hall–Kier alpha value is -10.1. The number of furan rings is 1. The molecule has 0 radical (unpaired) electrons. The van der Waals surface area contributed by atoms with Gasteiger partial charge in [-0.2, -0.15) is 0 Å². The zero-order valence-electron chi connectivity index (χ0n) is 58.0. The number of carbonyl (C=O) groups excluding carboxylic acids is 7. The van der Waals surface area contributed by atoms with Gasteiger partial charge in [0.2, 0.25) is 0 Å². The number of hydrogen-bond acceptors (Lipinski definition) is 8. The summed E-state index contributed by atoms with van der Waals surface area (Å²) in [6.07, 6.45) is 56.8. The SMILES string of the molecule is C.C.C.C.C.C.C.C.C.C.C.C.C.C.CC(=C/C=O)/C=C/C(C)(C)C.CC(=C/C=O)/C=C/C1=CCCCC1.CC(=C/C=O)/C=C/c1c(C)cc(C)cc1C.CC(=C/C=O)/C=C/c1ccccc1.CC(=C/C=O)/C=C/c1ccco1.CCCC/C=C/C(C)=C\C=O.O=C/C=C(\C=C\c1ccccc1)c1ccccc1. The van der Waals surface area contributed by atoms with Crippen LogP contribution in [0.25, 0.3) is 29.9 Å². The minimum absolute atomic E-state index is 0. The Morgan fingerprint density at radius 3 is 1.15 bits per heavy atom. The van der Waals surface area contributed by atoms with Crippen molar-refractivity contribution in [3.63, 3.8) is 0 Å². The quantitative estimate of drug-likeness (QED) is 0.0273. The van der Waals surface area contributed by atoms with Gasteiger partial charge in [0.15, 0.2) is 0 Å². The van der Waals surface area contributed by atoms with Crippen molar-refractivity contribution in [1.82, 2.24) is 0 Å². The lowest BCUT2D eigenvalue weighted by Gasteiger charge is -2.10. The summed E-state index contributed by atoms with van der Waals surface area (Å²) >= 11 is 0. The average Bonchev–Trinajstić information content (AvgIpc) is 0.964. The molecule has 1 aliphatic rings. The molecular weight excluding hydrogens is 1330 g/mol. The smallest absolute Gasteiger partial charge is 0.143 e. The summed E-state index contributed by atoms with van der Waals surface area (Å²) in [5.41, 5.74) is 16.7. The molecule has 606 valence electrons. The summed E-state index contributed by atoms with van der Waals surface area (Å²) < 4.78 is 5.06. The summed E-state index contributed by atoms with van der Waals surface area (Å²) in [4.78, 5) is 71.3. The Kier molecular flexibility index (Phi) is 109. The van der Waals surface area contributed by atoms with Gasteiger partial charge in [-0.15, -0.1) is 0 Å². The highest BCUT2D eigenvalue weighted by molar-refractivity contribution is 5.88. The molecule has 0 atom stereocenters. The maximum absolute atomic E-state index is 10.7. The maximum Gasteiger partial charge on any atom is 0.143 e. The lowest BCUT2D eigenvalue weighted by atomic mass is 9.95. The second-order valence-corrected chi connectivity index (χ2v) is 23.0. The van der Waals surface area contributed by atoms with Crippen LogP contribution >= 0.6 is 0 Å². The topological polar surface area (TPSA) is 133 Å². The highest BCUT2D eigenvalue weighted by atomic mass is 16.3. The van der Waals surface area contributed by atoms with Crippen LogP contribution < -0.4 is 0 Å². The minimum atomic E-state index is 0.